The van der Waals surface area contributed by atoms with Crippen molar-refractivity contribution in [3.63, 3.8) is 0 Å². The van der Waals surface area contributed by atoms with E-state index in [9.17, 15) is 20.1 Å². The summed E-state index contributed by atoms with van der Waals surface area (Å²) in [5, 5.41) is 31.2. The van der Waals surface area contributed by atoms with Crippen LogP contribution in [0.1, 0.15) is 6.23 Å². The van der Waals surface area contributed by atoms with Gasteiger partial charge in [0.1, 0.15) is 46.8 Å². The topological polar surface area (TPSA) is 172 Å². The van der Waals surface area contributed by atoms with E-state index in [1.54, 1.807) is 6.26 Å². The third-order valence-electron chi connectivity index (χ3n) is 4.42. The predicted molar refractivity (Wildman–Crippen MR) is 92.7 cm³/mol. The van der Waals surface area contributed by atoms with Gasteiger partial charge in [-0.15, -0.1) is 11.8 Å². The van der Waals surface area contributed by atoms with E-state index < -0.39 is 36.8 Å². The van der Waals surface area contributed by atoms with Gasteiger partial charge in [-0.05, 0) is 6.26 Å². The second-order valence-corrected chi connectivity index (χ2v) is 6.63. The normalized spacial score (nSPS) is 26.2. The number of hydrogen-bond acceptors (Lipinski definition) is 10. The minimum atomic E-state index is -1.35. The first-order valence-corrected chi connectivity index (χ1v) is 8.91. The second-order valence-electron chi connectivity index (χ2n) is 5.83. The average Bonchev–Trinajstić information content (AvgIpc) is 3.10. The molecule has 4 rings (SSSR count). The molecule has 11 nitrogen and oxygen atoms in total. The zero-order valence-corrected chi connectivity index (χ0v) is 14.3. The van der Waals surface area contributed by atoms with Crippen molar-refractivity contribution in [1.82, 2.24) is 24.5 Å². The van der Waals surface area contributed by atoms with Crippen LogP contribution in [0.2, 0.25) is 0 Å². The zero-order valence-electron chi connectivity index (χ0n) is 13.5. The number of fused-ring (bicyclic) bond motifs is 3. The van der Waals surface area contributed by atoms with Crippen LogP contribution in [0.25, 0.3) is 22.1 Å². The molecule has 1 aliphatic rings. The van der Waals surface area contributed by atoms with Gasteiger partial charge in [-0.2, -0.15) is 4.98 Å². The predicted octanol–water partition coefficient (Wildman–Crippen LogP) is -1.42. The number of aromatic amines is 1. The Morgan fingerprint density at radius 1 is 1.35 bits per heavy atom. The first-order valence-electron chi connectivity index (χ1n) is 7.68. The van der Waals surface area contributed by atoms with Crippen molar-refractivity contribution in [2.75, 3.05) is 18.6 Å². The Morgan fingerprint density at radius 2 is 2.12 bits per heavy atom. The Kier molecular flexibility index (Phi) is 4.08. The molecule has 138 valence electrons. The molecular weight excluding hydrogens is 364 g/mol. The lowest BCUT2D eigenvalue weighted by molar-refractivity contribution is -0.0492. The van der Waals surface area contributed by atoms with Gasteiger partial charge in [0.05, 0.1) is 17.4 Å². The monoisotopic (exact) mass is 380 g/mol. The fraction of sp³-hybridized carbons (Fsp3) is 0.429. The van der Waals surface area contributed by atoms with E-state index in [1.807, 2.05) is 0 Å². The van der Waals surface area contributed by atoms with Crippen LogP contribution < -0.4 is 11.4 Å². The van der Waals surface area contributed by atoms with Crippen molar-refractivity contribution in [1.29, 1.82) is 0 Å². The molecule has 1 aliphatic heterocycles. The lowest BCUT2D eigenvalue weighted by atomic mass is 10.1. The highest BCUT2D eigenvalue weighted by atomic mass is 32.2. The van der Waals surface area contributed by atoms with E-state index in [0.29, 0.717) is 21.4 Å². The van der Waals surface area contributed by atoms with E-state index in [1.165, 1.54) is 22.7 Å². The number of aliphatic hydroxyl groups excluding tert-OH is 3. The molecule has 1 saturated heterocycles. The van der Waals surface area contributed by atoms with E-state index in [-0.39, 0.29) is 11.5 Å². The molecule has 1 fully saturated rings. The first-order chi connectivity index (χ1) is 12.5. The molecule has 12 heteroatoms. The van der Waals surface area contributed by atoms with Gasteiger partial charge >= 0.3 is 5.69 Å². The molecular formula is C14H16N6O5S. The molecule has 0 aliphatic carbocycles. The fourth-order valence-electron chi connectivity index (χ4n) is 3.25. The highest BCUT2D eigenvalue weighted by Crippen LogP contribution is 2.39. The van der Waals surface area contributed by atoms with Gasteiger partial charge in [-0.25, -0.2) is 14.8 Å². The van der Waals surface area contributed by atoms with Crippen molar-refractivity contribution in [3.8, 4) is 0 Å². The standard InChI is InChI=1S/C14H16N6O5S/c1-26-12-6-5-9(15)16-3-17-10(5)20(11(6)18-14(24)19-12)13-8(23)7(22)4(2-21)25-13/h3-4,7-8,13,21-23H,2H2,1H3,(H2,15,16,17)(H,18,19,24)/t4-,7-,8-,13?/m1/s1. The number of nitrogens with one attached hydrogen (secondary N) is 1. The number of nitrogens with two attached hydrogens (primary N) is 1. The number of aliphatic hydroxyl groups is 3. The van der Waals surface area contributed by atoms with Crippen LogP contribution in [-0.2, 0) is 4.74 Å². The Labute approximate surface area is 149 Å². The summed E-state index contributed by atoms with van der Waals surface area (Å²) in [4.78, 5) is 26.8. The van der Waals surface area contributed by atoms with Gasteiger partial charge in [0.2, 0.25) is 0 Å². The third-order valence-corrected chi connectivity index (χ3v) is 5.10. The third kappa shape index (κ3) is 2.30. The molecule has 0 amide bonds. The number of nitrogens with zero attached hydrogens (tertiary/aromatic N) is 4. The summed E-state index contributed by atoms with van der Waals surface area (Å²) in [5.74, 6) is 0.176. The largest absolute Gasteiger partial charge is 0.394 e. The minimum absolute atomic E-state index is 0.176. The summed E-state index contributed by atoms with van der Waals surface area (Å²) in [7, 11) is 0. The minimum Gasteiger partial charge on any atom is -0.394 e. The number of hydrogen-bond donors (Lipinski definition) is 5. The highest BCUT2D eigenvalue weighted by molar-refractivity contribution is 7.98. The van der Waals surface area contributed by atoms with E-state index in [0.717, 1.165) is 0 Å². The van der Waals surface area contributed by atoms with Crippen molar-refractivity contribution < 1.29 is 20.1 Å². The maximum atomic E-state index is 12.0. The summed E-state index contributed by atoms with van der Waals surface area (Å²) in [6.07, 6.45) is -1.71. The van der Waals surface area contributed by atoms with E-state index >= 15 is 0 Å². The fourth-order valence-corrected chi connectivity index (χ4v) is 3.83. The lowest BCUT2D eigenvalue weighted by Gasteiger charge is -2.18. The molecule has 0 spiro atoms. The summed E-state index contributed by atoms with van der Waals surface area (Å²) in [6.45, 7) is -0.475. The van der Waals surface area contributed by atoms with Crippen LogP contribution in [0.4, 0.5) is 5.82 Å². The zero-order chi connectivity index (χ0) is 18.6. The number of nitrogen functional groups attached to an aromatic ring is 1. The molecule has 0 radical (unpaired) electrons. The summed E-state index contributed by atoms with van der Waals surface area (Å²) in [6, 6.07) is 0. The van der Waals surface area contributed by atoms with Gasteiger partial charge in [0.15, 0.2) is 6.23 Å². The van der Waals surface area contributed by atoms with Crippen LogP contribution in [0.5, 0.6) is 0 Å². The second kappa shape index (κ2) is 6.17. The molecule has 1 unspecified atom stereocenters. The molecule has 4 atom stereocenters. The number of aromatic nitrogens is 5. The Balaban J connectivity index is 2.10. The smallest absolute Gasteiger partial charge is 0.347 e. The van der Waals surface area contributed by atoms with Gasteiger partial charge in [-0.1, -0.05) is 0 Å². The summed E-state index contributed by atoms with van der Waals surface area (Å²) < 4.78 is 7.05. The van der Waals surface area contributed by atoms with Gasteiger partial charge in [0, 0.05) is 0 Å². The van der Waals surface area contributed by atoms with E-state index in [2.05, 4.69) is 19.9 Å². The van der Waals surface area contributed by atoms with Gasteiger partial charge < -0.3 is 25.8 Å². The van der Waals surface area contributed by atoms with Gasteiger partial charge in [-0.3, -0.25) is 9.55 Å². The molecule has 3 aromatic heterocycles. The quantitative estimate of drug-likeness (QED) is 0.268. The van der Waals surface area contributed by atoms with Crippen molar-refractivity contribution >= 4 is 39.6 Å². The Bertz CT molecular complexity index is 1050. The maximum absolute atomic E-state index is 12.0. The molecule has 0 saturated carbocycles. The van der Waals surface area contributed by atoms with Crippen LogP contribution in [-0.4, -0.2) is 71.0 Å². The molecule has 3 aromatic rings. The van der Waals surface area contributed by atoms with Crippen LogP contribution in [0, 0.1) is 0 Å². The number of ether oxygens (including phenoxy) is 1. The van der Waals surface area contributed by atoms with Crippen LogP contribution in [0.15, 0.2) is 16.1 Å². The molecule has 4 heterocycles. The van der Waals surface area contributed by atoms with Crippen molar-refractivity contribution in [2.45, 2.75) is 29.6 Å². The first kappa shape index (κ1) is 17.2. The Morgan fingerprint density at radius 3 is 2.77 bits per heavy atom. The van der Waals surface area contributed by atoms with Crippen molar-refractivity contribution in [2.24, 2.45) is 0 Å². The van der Waals surface area contributed by atoms with Crippen LogP contribution >= 0.6 is 11.8 Å². The molecule has 0 bridgehead atoms. The number of rotatable bonds is 3. The average molecular weight is 380 g/mol. The summed E-state index contributed by atoms with van der Waals surface area (Å²) in [5.41, 5.74) is 6.02. The molecule has 0 aromatic carbocycles. The number of anilines is 1. The van der Waals surface area contributed by atoms with Crippen molar-refractivity contribution in [3.05, 3.63) is 16.8 Å². The highest BCUT2D eigenvalue weighted by Gasteiger charge is 2.45. The van der Waals surface area contributed by atoms with E-state index in [4.69, 9.17) is 10.5 Å². The molecule has 6 N–H and O–H groups in total. The number of thioether (sulfide) groups is 1. The lowest BCUT2D eigenvalue weighted by Crippen LogP contribution is -2.33. The SMILES string of the molecule is CSc1nc(=O)[nH]c2c1c1c(N)ncnc1n2C1O[C@H](CO)[C@@H](O)[C@H]1O. The molecule has 26 heavy (non-hydrogen) atoms. The maximum Gasteiger partial charge on any atom is 0.347 e. The Hall–Kier alpha value is -2.25. The summed E-state index contributed by atoms with van der Waals surface area (Å²) >= 11 is 1.25. The van der Waals surface area contributed by atoms with Gasteiger partial charge in [0.25, 0.3) is 0 Å². The van der Waals surface area contributed by atoms with Crippen LogP contribution in [0.3, 0.4) is 0 Å². The number of H-pyrrole nitrogens is 1.